The van der Waals surface area contributed by atoms with E-state index in [4.69, 9.17) is 37.7 Å². The second-order valence-corrected chi connectivity index (χ2v) is 12.6. The summed E-state index contributed by atoms with van der Waals surface area (Å²) < 4.78 is 108. The van der Waals surface area contributed by atoms with Gasteiger partial charge < -0.3 is 54.3 Å². The van der Waals surface area contributed by atoms with Crippen LogP contribution in [0.4, 0.5) is 0 Å². The molecule has 0 aliphatic carbocycles. The summed E-state index contributed by atoms with van der Waals surface area (Å²) in [5, 5.41) is 73.4. The van der Waals surface area contributed by atoms with Crippen molar-refractivity contribution in [3.05, 3.63) is 11.8 Å². The quantitative estimate of drug-likeness (QED) is 0.0237. The van der Waals surface area contributed by atoms with Crippen molar-refractivity contribution in [3.63, 3.8) is 0 Å². The van der Waals surface area contributed by atoms with E-state index in [0.717, 1.165) is 0 Å². The maximum absolute atomic E-state index is 11.5. The van der Waals surface area contributed by atoms with Gasteiger partial charge >= 0.3 is 26.8 Å². The van der Waals surface area contributed by atoms with Crippen LogP contribution in [0.2, 0.25) is 0 Å². The number of ether oxygens (including phenoxy) is 5. The Balaban J connectivity index is 1.86. The third-order valence-electron chi connectivity index (χ3n) is 6.94. The maximum Gasteiger partial charge on any atom is 0.397 e. The first-order chi connectivity index (χ1) is 21.8. The molecule has 0 amide bonds. The molecule has 3 heterocycles. The van der Waals surface area contributed by atoms with Crippen LogP contribution in [0.3, 0.4) is 0 Å². The fourth-order valence-corrected chi connectivity index (χ4v) is 5.84. The zero-order valence-corrected chi connectivity index (χ0v) is 26.0. The van der Waals surface area contributed by atoms with E-state index >= 15 is 0 Å². The van der Waals surface area contributed by atoms with Crippen molar-refractivity contribution in [1.82, 2.24) is 0 Å². The van der Waals surface area contributed by atoms with E-state index in [0.29, 0.717) is 6.08 Å². The Morgan fingerprint density at radius 3 is 2.11 bits per heavy atom. The van der Waals surface area contributed by atoms with Crippen LogP contribution in [0.5, 0.6) is 0 Å². The van der Waals surface area contributed by atoms with Gasteiger partial charge in [0.2, 0.25) is 12.0 Å². The van der Waals surface area contributed by atoms with Gasteiger partial charge in [-0.25, -0.2) is 18.4 Å². The Kier molecular flexibility index (Phi) is 14.5. The molecule has 9 N–H and O–H groups in total. The van der Waals surface area contributed by atoms with Crippen molar-refractivity contribution >= 4 is 39.1 Å². The molecule has 274 valence electrons. The van der Waals surface area contributed by atoms with E-state index in [1.165, 1.54) is 6.92 Å². The molecule has 27 heteroatoms. The molecule has 2 fully saturated rings. The molecule has 0 aromatic heterocycles. The maximum atomic E-state index is 11.5. The van der Waals surface area contributed by atoms with Gasteiger partial charge in [0.25, 0.3) is 0 Å². The molecule has 5 unspecified atom stereocenters. The number of aliphatic hydroxyl groups is 5. The zero-order valence-electron chi connectivity index (χ0n) is 23.6. The molecule has 0 radical (unpaired) electrons. The first-order valence-corrected chi connectivity index (χ1v) is 16.4. The minimum Gasteiger partial charge on any atom is -0.475 e. The lowest BCUT2D eigenvalue weighted by Crippen LogP contribution is -2.60. The molecule has 3 aliphatic rings. The van der Waals surface area contributed by atoms with E-state index in [2.05, 4.69) is 17.7 Å². The number of hydrogen-bond donors (Lipinski definition) is 9. The van der Waals surface area contributed by atoms with Crippen LogP contribution in [-0.2, 0) is 71.2 Å². The van der Waals surface area contributed by atoms with Gasteiger partial charge in [-0.1, -0.05) is 5.04 Å². The number of hydrogen-bond acceptors (Lipinski definition) is 22. The number of carboxylic acids is 1. The molecular weight excluding hydrogens is 720 g/mol. The van der Waals surface area contributed by atoms with Crippen LogP contribution in [0.25, 0.3) is 0 Å². The van der Waals surface area contributed by atoms with Crippen LogP contribution in [0.15, 0.2) is 11.8 Å². The number of carbonyl (C=O) groups is 1. The first-order valence-electron chi connectivity index (χ1n) is 13.0. The Morgan fingerprint density at radius 1 is 0.872 bits per heavy atom. The van der Waals surface area contributed by atoms with Crippen LogP contribution in [0, 0.1) is 11.8 Å². The third-order valence-corrected chi connectivity index (χ3v) is 8.26. The summed E-state index contributed by atoms with van der Waals surface area (Å²) in [6.07, 6.45) is -18.9. The molecule has 0 bridgehead atoms. The minimum atomic E-state index is -5.25. The molecule has 2 saturated heterocycles. The van der Waals surface area contributed by atoms with Gasteiger partial charge in [0, 0.05) is 11.8 Å². The molecule has 13 atom stereocenters. The van der Waals surface area contributed by atoms with Crippen molar-refractivity contribution in [2.45, 2.75) is 74.6 Å². The number of rotatable bonds is 16. The Bertz CT molecular complexity index is 1280. The molecule has 0 aromatic rings. The lowest BCUT2D eigenvalue weighted by molar-refractivity contribution is -0.435. The third kappa shape index (κ3) is 11.3. The highest BCUT2D eigenvalue weighted by molar-refractivity contribution is 7.89. The van der Waals surface area contributed by atoms with Crippen molar-refractivity contribution in [1.29, 1.82) is 0 Å². The van der Waals surface area contributed by atoms with Crippen LogP contribution in [-0.4, -0.2) is 155 Å². The molecule has 0 saturated carbocycles. The van der Waals surface area contributed by atoms with Crippen molar-refractivity contribution in [3.8, 4) is 0 Å². The SMILES string of the molecule is CC1O[C@@H](OC[C@H]2C(CO[C@@H]3OC(C(=O)O)=C[C@@H](O)C3O)[C@@H](O)OC(COS(=O)(=O)O)[C@H]2O)C(OSOOO)[C@@H](OS(=O)(=O)O)[C@@H]1O. The summed E-state index contributed by atoms with van der Waals surface area (Å²) in [6, 6.07) is 0. The standard InChI is InChI=1S/C20H32O24S3/c1-6-12(22)15(42-47(32,33)34)16(41-45-44-43-28)20(38-6)36-3-7-8(18(27)39-11(13(7)23)5-37-46(29,30)31)4-35-19-14(24)9(21)2-10(40-19)17(25)26/h2,6-9,11-16,18-24,27-28H,3-5H2,1H3,(H,25,26)(H,29,30,31)(H,32,33,34)/t6?,7-,8?,9+,11?,12+,13-,14?,15-,16?,18-,19+,20+/m0/s1. The molecule has 3 aliphatic heterocycles. The average Bonchev–Trinajstić information content (AvgIpc) is 2.96. The fraction of sp³-hybridized carbons (Fsp3) is 0.850. The highest BCUT2D eigenvalue weighted by Crippen LogP contribution is 2.35. The normalized spacial score (nSPS) is 38.4. The highest BCUT2D eigenvalue weighted by Gasteiger charge is 2.51. The predicted octanol–water partition coefficient (Wildman–Crippen LogP) is -4.14. The molecule has 0 spiro atoms. The fourth-order valence-electron chi connectivity index (χ4n) is 4.68. The molecular formula is C20H32O24S3. The summed E-state index contributed by atoms with van der Waals surface area (Å²) in [6.45, 7) is -1.32. The van der Waals surface area contributed by atoms with E-state index in [1.54, 1.807) is 0 Å². The number of carboxylic acid groups (broad SMARTS) is 1. The summed E-state index contributed by atoms with van der Waals surface area (Å²) in [4.78, 5) is 11.3. The molecule has 0 aromatic carbocycles. The lowest BCUT2D eigenvalue weighted by Gasteiger charge is -2.45. The van der Waals surface area contributed by atoms with Gasteiger partial charge in [0.05, 0.1) is 32.0 Å². The monoisotopic (exact) mass is 752 g/mol. The van der Waals surface area contributed by atoms with Crippen molar-refractivity contribution < 1.29 is 112 Å². The summed E-state index contributed by atoms with van der Waals surface area (Å²) in [7, 11) is -10.3. The summed E-state index contributed by atoms with van der Waals surface area (Å²) in [5.74, 6) is -5.26. The summed E-state index contributed by atoms with van der Waals surface area (Å²) in [5.41, 5.74) is 0. The smallest absolute Gasteiger partial charge is 0.397 e. The number of aliphatic hydroxyl groups excluding tert-OH is 5. The largest absolute Gasteiger partial charge is 0.475 e. The first kappa shape index (κ1) is 40.0. The van der Waals surface area contributed by atoms with E-state index in [-0.39, 0.29) is 12.3 Å². The van der Waals surface area contributed by atoms with Gasteiger partial charge in [-0.15, -0.1) is 4.33 Å². The van der Waals surface area contributed by atoms with E-state index < -0.39 is 132 Å². The van der Waals surface area contributed by atoms with Crippen LogP contribution in [0.1, 0.15) is 6.92 Å². The van der Waals surface area contributed by atoms with Gasteiger partial charge in [0.1, 0.15) is 30.5 Å². The molecule has 3 rings (SSSR count). The molecule has 47 heavy (non-hydrogen) atoms. The van der Waals surface area contributed by atoms with E-state index in [1.807, 2.05) is 0 Å². The lowest BCUT2D eigenvalue weighted by atomic mass is 9.83. The van der Waals surface area contributed by atoms with Gasteiger partial charge in [-0.3, -0.25) is 13.3 Å². The topological polar surface area (TPSA) is 360 Å². The number of aliphatic carboxylic acids is 1. The predicted molar refractivity (Wildman–Crippen MR) is 140 cm³/mol. The Labute approximate surface area is 269 Å². The van der Waals surface area contributed by atoms with Crippen molar-refractivity contribution in [2.24, 2.45) is 11.8 Å². The van der Waals surface area contributed by atoms with E-state index in [9.17, 15) is 56.8 Å². The van der Waals surface area contributed by atoms with Crippen LogP contribution < -0.4 is 0 Å². The molecule has 24 nitrogen and oxygen atoms in total. The van der Waals surface area contributed by atoms with Crippen molar-refractivity contribution in [2.75, 3.05) is 19.8 Å². The Hall–Kier alpha value is -1.42. The van der Waals surface area contributed by atoms with Gasteiger partial charge in [0.15, 0.2) is 31.0 Å². The summed E-state index contributed by atoms with van der Waals surface area (Å²) >= 11 is -0.135. The Morgan fingerprint density at radius 2 is 1.51 bits per heavy atom. The van der Waals surface area contributed by atoms with Gasteiger partial charge in [-0.05, 0) is 13.0 Å². The highest BCUT2D eigenvalue weighted by atomic mass is 32.3. The second-order valence-electron chi connectivity index (χ2n) is 10.0. The second kappa shape index (κ2) is 17.0. The van der Waals surface area contributed by atoms with Gasteiger partial charge in [-0.2, -0.15) is 16.8 Å². The average molecular weight is 753 g/mol. The minimum absolute atomic E-state index is 0.135. The zero-order chi connectivity index (χ0) is 35.3. The van der Waals surface area contributed by atoms with Crippen LogP contribution >= 0.6 is 12.3 Å².